The molecular formula is C18H16N2O5S. The maximum Gasteiger partial charge on any atom is 0.293 e. The smallest absolute Gasteiger partial charge is 0.293 e. The molecule has 2 amide bonds. The molecule has 1 aliphatic heterocycles. The van der Waals surface area contributed by atoms with E-state index in [1.807, 2.05) is 13.8 Å². The first-order valence-electron chi connectivity index (χ1n) is 8.03. The van der Waals surface area contributed by atoms with Gasteiger partial charge in [-0.3, -0.25) is 24.6 Å². The third-order valence-corrected chi connectivity index (χ3v) is 5.01. The van der Waals surface area contributed by atoms with Gasteiger partial charge in [0.1, 0.15) is 11.5 Å². The average molecular weight is 372 g/mol. The van der Waals surface area contributed by atoms with Gasteiger partial charge in [0.05, 0.1) is 15.4 Å². The zero-order valence-corrected chi connectivity index (χ0v) is 15.0. The molecule has 0 aliphatic carbocycles. The molecule has 0 saturated carbocycles. The van der Waals surface area contributed by atoms with Crippen LogP contribution >= 0.6 is 11.8 Å². The van der Waals surface area contributed by atoms with Gasteiger partial charge in [0.2, 0.25) is 0 Å². The molecule has 2 heterocycles. The maximum atomic E-state index is 12.4. The van der Waals surface area contributed by atoms with Gasteiger partial charge < -0.3 is 4.42 Å². The van der Waals surface area contributed by atoms with Crippen LogP contribution in [0.4, 0.5) is 10.5 Å². The molecule has 1 aromatic carbocycles. The zero-order valence-electron chi connectivity index (χ0n) is 14.2. The van der Waals surface area contributed by atoms with Crippen LogP contribution < -0.4 is 0 Å². The molecule has 1 atom stereocenters. The van der Waals surface area contributed by atoms with Crippen molar-refractivity contribution in [1.29, 1.82) is 0 Å². The fourth-order valence-electron chi connectivity index (χ4n) is 2.59. The fourth-order valence-corrected chi connectivity index (χ4v) is 3.50. The standard InChI is InChI=1S/C18H16N2O5S/c1-3-11(2)19-17(21)16(26-18(19)22)10-12-8-9-15(25-12)13-6-4-5-7-14(13)20(23)24/h4-11H,3H2,1-2H3/b16-10-/t11-/m0/s1. The quantitative estimate of drug-likeness (QED) is 0.429. The van der Waals surface area contributed by atoms with Crippen molar-refractivity contribution in [2.75, 3.05) is 0 Å². The molecule has 26 heavy (non-hydrogen) atoms. The number of thioether (sulfide) groups is 1. The summed E-state index contributed by atoms with van der Waals surface area (Å²) in [6.45, 7) is 3.72. The first-order chi connectivity index (χ1) is 12.4. The molecule has 8 heteroatoms. The Balaban J connectivity index is 1.90. The number of amides is 2. The van der Waals surface area contributed by atoms with E-state index in [4.69, 9.17) is 4.42 Å². The fraction of sp³-hybridized carbons (Fsp3) is 0.222. The lowest BCUT2D eigenvalue weighted by atomic mass is 10.1. The third kappa shape index (κ3) is 3.28. The number of rotatable bonds is 5. The van der Waals surface area contributed by atoms with E-state index in [0.29, 0.717) is 23.5 Å². The van der Waals surface area contributed by atoms with Gasteiger partial charge in [0.25, 0.3) is 16.8 Å². The van der Waals surface area contributed by atoms with Crippen LogP contribution in [0.15, 0.2) is 45.7 Å². The van der Waals surface area contributed by atoms with E-state index in [-0.39, 0.29) is 27.8 Å². The Hall–Kier alpha value is -2.87. The third-order valence-electron chi connectivity index (χ3n) is 4.12. The van der Waals surface area contributed by atoms with Crippen molar-refractivity contribution in [2.45, 2.75) is 26.3 Å². The van der Waals surface area contributed by atoms with E-state index >= 15 is 0 Å². The molecule has 1 aliphatic rings. The number of hydrogen-bond donors (Lipinski definition) is 0. The van der Waals surface area contributed by atoms with E-state index in [1.165, 1.54) is 17.0 Å². The minimum Gasteiger partial charge on any atom is -0.456 e. The summed E-state index contributed by atoms with van der Waals surface area (Å²) in [6, 6.07) is 9.30. The number of nitro groups is 1. The van der Waals surface area contributed by atoms with E-state index in [0.717, 1.165) is 11.8 Å². The number of nitrogens with zero attached hydrogens (tertiary/aromatic N) is 2. The van der Waals surface area contributed by atoms with Gasteiger partial charge in [-0.05, 0) is 43.3 Å². The summed E-state index contributed by atoms with van der Waals surface area (Å²) >= 11 is 0.864. The van der Waals surface area contributed by atoms with Crippen molar-refractivity contribution in [1.82, 2.24) is 4.90 Å². The van der Waals surface area contributed by atoms with Crippen LogP contribution in [-0.2, 0) is 4.79 Å². The summed E-state index contributed by atoms with van der Waals surface area (Å²) in [5, 5.41) is 10.8. The van der Waals surface area contributed by atoms with Crippen molar-refractivity contribution >= 4 is 34.7 Å². The van der Waals surface area contributed by atoms with Crippen molar-refractivity contribution in [2.24, 2.45) is 0 Å². The molecule has 0 radical (unpaired) electrons. The molecule has 0 spiro atoms. The van der Waals surface area contributed by atoms with Gasteiger partial charge in [-0.15, -0.1) is 0 Å². The van der Waals surface area contributed by atoms with Crippen LogP contribution in [0.5, 0.6) is 0 Å². The maximum absolute atomic E-state index is 12.4. The monoisotopic (exact) mass is 372 g/mol. The summed E-state index contributed by atoms with van der Waals surface area (Å²) in [4.78, 5) is 36.7. The Morgan fingerprint density at radius 1 is 1.27 bits per heavy atom. The Morgan fingerprint density at radius 2 is 2.00 bits per heavy atom. The molecule has 3 rings (SSSR count). The Kier molecular flexibility index (Phi) is 4.94. The van der Waals surface area contributed by atoms with Crippen molar-refractivity contribution in [3.63, 3.8) is 0 Å². The van der Waals surface area contributed by atoms with Gasteiger partial charge >= 0.3 is 0 Å². The lowest BCUT2D eigenvalue weighted by molar-refractivity contribution is -0.384. The van der Waals surface area contributed by atoms with Crippen molar-refractivity contribution < 1.29 is 18.9 Å². The minimum absolute atomic E-state index is 0.0644. The zero-order chi connectivity index (χ0) is 18.8. The Morgan fingerprint density at radius 3 is 2.69 bits per heavy atom. The van der Waals surface area contributed by atoms with Crippen LogP contribution in [0.2, 0.25) is 0 Å². The lowest BCUT2D eigenvalue weighted by Gasteiger charge is -2.19. The summed E-state index contributed by atoms with van der Waals surface area (Å²) in [5.74, 6) is 0.329. The van der Waals surface area contributed by atoms with Gasteiger partial charge in [0.15, 0.2) is 0 Å². The van der Waals surface area contributed by atoms with E-state index < -0.39 is 4.92 Å². The first kappa shape index (κ1) is 17.9. The highest BCUT2D eigenvalue weighted by molar-refractivity contribution is 8.18. The molecule has 1 fully saturated rings. The van der Waals surface area contributed by atoms with Gasteiger partial charge in [-0.2, -0.15) is 0 Å². The normalized spacial score (nSPS) is 17.2. The number of hydrogen-bond acceptors (Lipinski definition) is 6. The Bertz CT molecular complexity index is 918. The molecule has 1 aromatic heterocycles. The molecule has 1 saturated heterocycles. The number of carbonyl (C=O) groups excluding carboxylic acids is 2. The molecule has 134 valence electrons. The second-order valence-electron chi connectivity index (χ2n) is 5.79. The number of benzene rings is 1. The summed E-state index contributed by atoms with van der Waals surface area (Å²) in [7, 11) is 0. The first-order valence-corrected chi connectivity index (χ1v) is 8.84. The average Bonchev–Trinajstić information content (AvgIpc) is 3.19. The SMILES string of the molecule is CC[C@H](C)N1C(=O)S/C(=C\c2ccc(-c3ccccc3[N+](=O)[O-])o2)C1=O. The van der Waals surface area contributed by atoms with Gasteiger partial charge in [0, 0.05) is 18.2 Å². The number of furan rings is 1. The highest BCUT2D eigenvalue weighted by Gasteiger charge is 2.37. The minimum atomic E-state index is -0.477. The summed E-state index contributed by atoms with van der Waals surface area (Å²) in [6.07, 6.45) is 2.17. The molecule has 2 aromatic rings. The number of carbonyl (C=O) groups is 2. The van der Waals surface area contributed by atoms with E-state index in [1.54, 1.807) is 30.3 Å². The highest BCUT2D eigenvalue weighted by atomic mass is 32.2. The van der Waals surface area contributed by atoms with Gasteiger partial charge in [-0.25, -0.2) is 0 Å². The second-order valence-corrected chi connectivity index (χ2v) is 6.78. The largest absolute Gasteiger partial charge is 0.456 e. The second kappa shape index (κ2) is 7.17. The van der Waals surface area contributed by atoms with Crippen molar-refractivity contribution in [3.05, 3.63) is 57.2 Å². The molecule has 0 N–H and O–H groups in total. The number of para-hydroxylation sites is 1. The van der Waals surface area contributed by atoms with Crippen LogP contribution in [0.1, 0.15) is 26.0 Å². The topological polar surface area (TPSA) is 93.7 Å². The lowest BCUT2D eigenvalue weighted by Crippen LogP contribution is -2.36. The summed E-state index contributed by atoms with van der Waals surface area (Å²) < 4.78 is 5.65. The van der Waals surface area contributed by atoms with Crippen LogP contribution in [0.25, 0.3) is 17.4 Å². The van der Waals surface area contributed by atoms with E-state index in [9.17, 15) is 19.7 Å². The Labute approximate surface area is 153 Å². The van der Waals surface area contributed by atoms with Crippen molar-refractivity contribution in [3.8, 4) is 11.3 Å². The molecule has 0 unspecified atom stereocenters. The predicted octanol–water partition coefficient (Wildman–Crippen LogP) is 4.69. The molecule has 7 nitrogen and oxygen atoms in total. The van der Waals surface area contributed by atoms with Crippen LogP contribution in [0.3, 0.4) is 0 Å². The molecular weight excluding hydrogens is 356 g/mol. The number of imide groups is 1. The van der Waals surface area contributed by atoms with Gasteiger partial charge in [-0.1, -0.05) is 19.1 Å². The molecule has 0 bridgehead atoms. The number of nitro benzene ring substituents is 1. The predicted molar refractivity (Wildman–Crippen MR) is 98.4 cm³/mol. The highest BCUT2D eigenvalue weighted by Crippen LogP contribution is 2.36. The summed E-state index contributed by atoms with van der Waals surface area (Å²) in [5.41, 5.74) is 0.287. The van der Waals surface area contributed by atoms with E-state index in [2.05, 4.69) is 0 Å². The van der Waals surface area contributed by atoms with Crippen LogP contribution in [-0.4, -0.2) is 27.0 Å². The van der Waals surface area contributed by atoms with Crippen LogP contribution in [0, 0.1) is 10.1 Å².